The highest BCUT2D eigenvalue weighted by Crippen LogP contribution is 2.31. The number of benzene rings is 2. The van der Waals surface area contributed by atoms with Crippen LogP contribution in [0.15, 0.2) is 30.3 Å². The van der Waals surface area contributed by atoms with Crippen molar-refractivity contribution in [3.8, 4) is 5.75 Å². The van der Waals surface area contributed by atoms with E-state index in [-0.39, 0.29) is 5.92 Å². The van der Waals surface area contributed by atoms with E-state index in [0.29, 0.717) is 23.2 Å². The van der Waals surface area contributed by atoms with Gasteiger partial charge >= 0.3 is 0 Å². The smallest absolute Gasteiger partial charge is 0.226 e. The standard InChI is InChI=1S/C22H26BNO2/c1-26-20-10-8-16-13-15(7-9-19(16)21(20)23)14-17-11-12-24(22(17)25)18-5-3-2-4-6-18/h7-10,13,17-18H,2-6,11-12,14H2,1H3. The monoisotopic (exact) mass is 347 g/mol. The predicted molar refractivity (Wildman–Crippen MR) is 106 cm³/mol. The number of fused-ring (bicyclic) bond motifs is 1. The Morgan fingerprint density at radius 2 is 1.92 bits per heavy atom. The Morgan fingerprint density at radius 1 is 1.12 bits per heavy atom. The van der Waals surface area contributed by atoms with E-state index in [1.165, 1.54) is 37.7 Å². The summed E-state index contributed by atoms with van der Waals surface area (Å²) in [6.07, 6.45) is 8.06. The fourth-order valence-corrected chi connectivity index (χ4v) is 4.68. The van der Waals surface area contributed by atoms with Crippen molar-refractivity contribution in [3.05, 3.63) is 35.9 Å². The summed E-state index contributed by atoms with van der Waals surface area (Å²) in [7, 11) is 7.81. The molecule has 2 radical (unpaired) electrons. The topological polar surface area (TPSA) is 29.5 Å². The lowest BCUT2D eigenvalue weighted by molar-refractivity contribution is -0.133. The number of carbonyl (C=O) groups excluding carboxylic acids is 1. The molecule has 1 saturated carbocycles. The van der Waals surface area contributed by atoms with E-state index in [0.717, 1.165) is 30.2 Å². The molecule has 0 spiro atoms. The molecule has 0 N–H and O–H groups in total. The molecule has 1 unspecified atom stereocenters. The highest BCUT2D eigenvalue weighted by atomic mass is 16.5. The van der Waals surface area contributed by atoms with E-state index in [1.54, 1.807) is 7.11 Å². The van der Waals surface area contributed by atoms with Crippen LogP contribution in [-0.4, -0.2) is 38.3 Å². The van der Waals surface area contributed by atoms with Gasteiger partial charge in [-0.25, -0.2) is 0 Å². The minimum atomic E-state index is 0.130. The molecule has 1 atom stereocenters. The molecular weight excluding hydrogens is 321 g/mol. The Bertz CT molecular complexity index is 813. The van der Waals surface area contributed by atoms with Gasteiger partial charge in [0.2, 0.25) is 5.91 Å². The number of rotatable bonds is 4. The van der Waals surface area contributed by atoms with E-state index in [4.69, 9.17) is 12.6 Å². The normalized spacial score (nSPS) is 21.5. The van der Waals surface area contributed by atoms with Gasteiger partial charge in [0, 0.05) is 18.5 Å². The van der Waals surface area contributed by atoms with Gasteiger partial charge in [-0.05, 0) is 53.5 Å². The maximum atomic E-state index is 12.9. The summed E-state index contributed by atoms with van der Waals surface area (Å²) in [5.74, 6) is 1.20. The summed E-state index contributed by atoms with van der Waals surface area (Å²) >= 11 is 0. The number of hydrogen-bond donors (Lipinski definition) is 0. The lowest BCUT2D eigenvalue weighted by Gasteiger charge is -2.31. The Kier molecular flexibility index (Phi) is 4.93. The summed E-state index contributed by atoms with van der Waals surface area (Å²) < 4.78 is 5.30. The zero-order chi connectivity index (χ0) is 18.1. The van der Waals surface area contributed by atoms with Crippen molar-refractivity contribution in [2.45, 2.75) is 51.0 Å². The van der Waals surface area contributed by atoms with E-state index in [9.17, 15) is 4.79 Å². The van der Waals surface area contributed by atoms with Crippen LogP contribution in [0.4, 0.5) is 0 Å². The molecule has 4 rings (SSSR count). The van der Waals surface area contributed by atoms with Gasteiger partial charge in [-0.1, -0.05) is 43.5 Å². The third kappa shape index (κ3) is 3.22. The SMILES string of the molecule is [B]c1c(OC)ccc2cc(CC3CCN(C4CCCCC4)C3=O)ccc12. The first-order chi connectivity index (χ1) is 12.7. The molecule has 26 heavy (non-hydrogen) atoms. The molecule has 134 valence electrons. The lowest BCUT2D eigenvalue weighted by atomic mass is 9.87. The van der Waals surface area contributed by atoms with Crippen molar-refractivity contribution in [2.75, 3.05) is 13.7 Å². The van der Waals surface area contributed by atoms with Gasteiger partial charge in [0.05, 0.1) is 7.11 Å². The first-order valence-corrected chi connectivity index (χ1v) is 9.83. The molecule has 0 aromatic heterocycles. The molecule has 1 heterocycles. The molecule has 4 heteroatoms. The van der Waals surface area contributed by atoms with Crippen molar-refractivity contribution in [2.24, 2.45) is 5.92 Å². The maximum Gasteiger partial charge on any atom is 0.226 e. The van der Waals surface area contributed by atoms with Crippen molar-refractivity contribution < 1.29 is 9.53 Å². The van der Waals surface area contributed by atoms with Crippen molar-refractivity contribution >= 4 is 30.0 Å². The van der Waals surface area contributed by atoms with E-state index < -0.39 is 0 Å². The Labute approximate surface area is 157 Å². The Morgan fingerprint density at radius 3 is 2.69 bits per heavy atom. The molecule has 2 aliphatic rings. The largest absolute Gasteiger partial charge is 0.497 e. The van der Waals surface area contributed by atoms with Gasteiger partial charge in [-0.2, -0.15) is 0 Å². The zero-order valence-electron chi connectivity index (χ0n) is 15.5. The third-order valence-electron chi connectivity index (χ3n) is 6.15. The highest BCUT2D eigenvalue weighted by molar-refractivity contribution is 6.40. The van der Waals surface area contributed by atoms with E-state index in [2.05, 4.69) is 23.1 Å². The van der Waals surface area contributed by atoms with Crippen LogP contribution in [-0.2, 0) is 11.2 Å². The van der Waals surface area contributed by atoms with Crippen LogP contribution >= 0.6 is 0 Å². The second-order valence-electron chi connectivity index (χ2n) is 7.75. The van der Waals surface area contributed by atoms with Crippen molar-refractivity contribution in [1.82, 2.24) is 4.90 Å². The predicted octanol–water partition coefficient (Wildman–Crippen LogP) is 3.37. The molecule has 3 nitrogen and oxygen atoms in total. The minimum absolute atomic E-state index is 0.130. The first kappa shape index (κ1) is 17.4. The summed E-state index contributed by atoms with van der Waals surface area (Å²) in [5.41, 5.74) is 1.89. The molecule has 0 bridgehead atoms. The van der Waals surface area contributed by atoms with E-state index >= 15 is 0 Å². The van der Waals surface area contributed by atoms with Gasteiger partial charge in [0.25, 0.3) is 0 Å². The third-order valence-corrected chi connectivity index (χ3v) is 6.15. The average molecular weight is 347 g/mol. The molecule has 2 aromatic carbocycles. The quantitative estimate of drug-likeness (QED) is 0.794. The summed E-state index contributed by atoms with van der Waals surface area (Å²) in [4.78, 5) is 15.1. The second kappa shape index (κ2) is 7.34. The van der Waals surface area contributed by atoms with Crippen LogP contribution in [0.3, 0.4) is 0 Å². The Balaban J connectivity index is 1.49. The van der Waals surface area contributed by atoms with E-state index in [1.807, 2.05) is 12.1 Å². The zero-order valence-corrected chi connectivity index (χ0v) is 15.5. The van der Waals surface area contributed by atoms with Crippen LogP contribution in [0.2, 0.25) is 0 Å². The fourth-order valence-electron chi connectivity index (χ4n) is 4.68. The number of methoxy groups -OCH3 is 1. The average Bonchev–Trinajstić information content (AvgIpc) is 3.03. The molecule has 1 amide bonds. The summed E-state index contributed by atoms with van der Waals surface area (Å²) in [6.45, 7) is 0.936. The van der Waals surface area contributed by atoms with Gasteiger partial charge in [0.1, 0.15) is 13.6 Å². The van der Waals surface area contributed by atoms with Gasteiger partial charge in [-0.3, -0.25) is 4.79 Å². The van der Waals surface area contributed by atoms with Crippen molar-refractivity contribution in [3.63, 3.8) is 0 Å². The van der Waals surface area contributed by atoms with Gasteiger partial charge in [-0.15, -0.1) is 0 Å². The molecular formula is C22H26BNO2. The summed E-state index contributed by atoms with van der Waals surface area (Å²) in [6, 6.07) is 10.8. The minimum Gasteiger partial charge on any atom is -0.497 e. The van der Waals surface area contributed by atoms with Gasteiger partial charge in [0.15, 0.2) is 0 Å². The first-order valence-electron chi connectivity index (χ1n) is 9.83. The molecule has 2 fully saturated rings. The van der Waals surface area contributed by atoms with Gasteiger partial charge < -0.3 is 9.64 Å². The lowest BCUT2D eigenvalue weighted by Crippen LogP contribution is -2.39. The number of nitrogens with zero attached hydrogens (tertiary/aromatic N) is 1. The second-order valence-corrected chi connectivity index (χ2v) is 7.75. The van der Waals surface area contributed by atoms with Crippen LogP contribution < -0.4 is 10.2 Å². The molecule has 1 aliphatic heterocycles. The summed E-state index contributed by atoms with van der Waals surface area (Å²) in [5, 5.41) is 2.12. The number of carbonyl (C=O) groups is 1. The van der Waals surface area contributed by atoms with Crippen LogP contribution in [0.25, 0.3) is 10.8 Å². The number of ether oxygens (including phenoxy) is 1. The molecule has 1 saturated heterocycles. The van der Waals surface area contributed by atoms with Crippen LogP contribution in [0.5, 0.6) is 5.75 Å². The number of hydrogen-bond acceptors (Lipinski definition) is 2. The molecule has 2 aromatic rings. The van der Waals surface area contributed by atoms with Crippen LogP contribution in [0, 0.1) is 5.92 Å². The van der Waals surface area contributed by atoms with Crippen LogP contribution in [0.1, 0.15) is 44.1 Å². The Hall–Kier alpha value is -1.97. The molecule has 1 aliphatic carbocycles. The highest BCUT2D eigenvalue weighted by Gasteiger charge is 2.36. The maximum absolute atomic E-state index is 12.9. The number of likely N-dealkylation sites (tertiary alicyclic amines) is 1. The number of amides is 1. The van der Waals surface area contributed by atoms with Crippen molar-refractivity contribution in [1.29, 1.82) is 0 Å². The fraction of sp³-hybridized carbons (Fsp3) is 0.500.